The van der Waals surface area contributed by atoms with Crippen LogP contribution in [0.5, 0.6) is 0 Å². The third-order valence-corrected chi connectivity index (χ3v) is 5.14. The molecule has 3 rings (SSSR count). The number of nitrogens with two attached hydrogens (primary N) is 1. The average molecular weight is 379 g/mol. The number of carbonyl (C=O) groups is 1. The summed E-state index contributed by atoms with van der Waals surface area (Å²) in [6, 6.07) is 13.1. The normalized spacial score (nSPS) is 17.5. The van der Waals surface area contributed by atoms with Gasteiger partial charge in [-0.3, -0.25) is 4.79 Å². The van der Waals surface area contributed by atoms with Crippen LogP contribution in [0.2, 0.25) is 10.0 Å². The second-order valence-corrected chi connectivity index (χ2v) is 6.89. The Labute approximate surface area is 157 Å². The zero-order chi connectivity index (χ0) is 17.8. The number of amides is 1. The highest BCUT2D eigenvalue weighted by molar-refractivity contribution is 6.42. The smallest absolute Gasteiger partial charge is 0.223 e. The van der Waals surface area contributed by atoms with Gasteiger partial charge in [0.25, 0.3) is 0 Å². The summed E-state index contributed by atoms with van der Waals surface area (Å²) in [5.74, 6) is 0.108. The van der Waals surface area contributed by atoms with Crippen LogP contribution < -0.4 is 5.73 Å². The number of ether oxygens (including phenoxy) is 1. The molecule has 0 saturated carbocycles. The van der Waals surface area contributed by atoms with E-state index in [0.29, 0.717) is 42.6 Å². The van der Waals surface area contributed by atoms with Crippen LogP contribution in [0.1, 0.15) is 23.7 Å². The highest BCUT2D eigenvalue weighted by Gasteiger charge is 2.25. The van der Waals surface area contributed by atoms with E-state index in [1.807, 2.05) is 35.2 Å². The van der Waals surface area contributed by atoms with Crippen LogP contribution in [0, 0.1) is 0 Å². The summed E-state index contributed by atoms with van der Waals surface area (Å²) in [6.45, 7) is 1.62. The van der Waals surface area contributed by atoms with Crippen LogP contribution in [0.3, 0.4) is 0 Å². The maximum atomic E-state index is 12.6. The van der Waals surface area contributed by atoms with E-state index in [1.165, 1.54) is 0 Å². The van der Waals surface area contributed by atoms with Gasteiger partial charge in [-0.25, -0.2) is 0 Å². The first-order valence-electron chi connectivity index (χ1n) is 8.22. The zero-order valence-electron chi connectivity index (χ0n) is 13.8. The molecule has 1 unspecified atom stereocenters. The summed E-state index contributed by atoms with van der Waals surface area (Å²) in [6.07, 6.45) is 0.886. The lowest BCUT2D eigenvalue weighted by atomic mass is 10.1. The minimum Gasteiger partial charge on any atom is -0.399 e. The van der Waals surface area contributed by atoms with Crippen molar-refractivity contribution in [1.82, 2.24) is 4.90 Å². The van der Waals surface area contributed by atoms with Gasteiger partial charge in [0.1, 0.15) is 6.10 Å². The molecule has 1 heterocycles. The number of hydrogen-bond donors (Lipinski definition) is 1. The van der Waals surface area contributed by atoms with Crippen LogP contribution >= 0.6 is 23.2 Å². The van der Waals surface area contributed by atoms with Gasteiger partial charge < -0.3 is 15.4 Å². The van der Waals surface area contributed by atoms with Crippen LogP contribution in [0.15, 0.2) is 42.5 Å². The number of rotatable bonds is 4. The molecule has 0 aromatic heterocycles. The lowest BCUT2D eigenvalue weighted by Gasteiger charge is -2.33. The van der Waals surface area contributed by atoms with E-state index in [-0.39, 0.29) is 12.0 Å². The summed E-state index contributed by atoms with van der Waals surface area (Å²) in [4.78, 5) is 14.4. The van der Waals surface area contributed by atoms with Crippen molar-refractivity contribution in [2.75, 3.05) is 25.4 Å². The fourth-order valence-corrected chi connectivity index (χ4v) is 3.26. The molecule has 1 amide bonds. The fraction of sp³-hybridized carbons (Fsp3) is 0.316. The molecule has 1 atom stereocenters. The Kier molecular flexibility index (Phi) is 5.84. The van der Waals surface area contributed by atoms with Crippen molar-refractivity contribution in [3.05, 3.63) is 63.6 Å². The number of morpholine rings is 1. The maximum absolute atomic E-state index is 12.6. The predicted octanol–water partition coefficient (Wildman–Crippen LogP) is 4.11. The molecule has 6 heteroatoms. The van der Waals surface area contributed by atoms with E-state index >= 15 is 0 Å². The van der Waals surface area contributed by atoms with Gasteiger partial charge in [0.05, 0.1) is 23.2 Å². The highest BCUT2D eigenvalue weighted by atomic mass is 35.5. The molecule has 2 N–H and O–H groups in total. The SMILES string of the molecule is Nc1ccccc1CCC(=O)N1CCOC(c2ccc(Cl)c(Cl)c2)C1. The molecule has 1 aliphatic heterocycles. The summed E-state index contributed by atoms with van der Waals surface area (Å²) < 4.78 is 5.81. The highest BCUT2D eigenvalue weighted by Crippen LogP contribution is 2.29. The number of carbonyl (C=O) groups excluding carboxylic acids is 1. The van der Waals surface area contributed by atoms with Gasteiger partial charge in [-0.15, -0.1) is 0 Å². The van der Waals surface area contributed by atoms with Crippen molar-refractivity contribution in [2.45, 2.75) is 18.9 Å². The number of hydrogen-bond acceptors (Lipinski definition) is 3. The molecule has 132 valence electrons. The standard InChI is InChI=1S/C19H20Cl2N2O2/c20-15-7-5-14(11-16(15)21)18-12-23(9-10-25-18)19(24)8-6-13-3-1-2-4-17(13)22/h1-5,7,11,18H,6,8-10,12,22H2. The van der Waals surface area contributed by atoms with Crippen LogP contribution in [-0.2, 0) is 16.0 Å². The number of para-hydroxylation sites is 1. The van der Waals surface area contributed by atoms with Gasteiger partial charge in [-0.1, -0.05) is 47.5 Å². The first-order chi connectivity index (χ1) is 12.0. The van der Waals surface area contributed by atoms with Gasteiger partial charge in [0, 0.05) is 18.7 Å². The second-order valence-electron chi connectivity index (χ2n) is 6.07. The summed E-state index contributed by atoms with van der Waals surface area (Å²) in [5, 5.41) is 1.00. The van der Waals surface area contributed by atoms with Gasteiger partial charge in [0.15, 0.2) is 0 Å². The molecule has 0 spiro atoms. The minimum absolute atomic E-state index is 0.108. The largest absolute Gasteiger partial charge is 0.399 e. The van der Waals surface area contributed by atoms with E-state index in [0.717, 1.165) is 16.8 Å². The predicted molar refractivity (Wildman–Crippen MR) is 101 cm³/mol. The summed E-state index contributed by atoms with van der Waals surface area (Å²) in [5.41, 5.74) is 8.60. The van der Waals surface area contributed by atoms with Gasteiger partial charge in [0.2, 0.25) is 5.91 Å². The molecule has 0 aliphatic carbocycles. The summed E-state index contributed by atoms with van der Waals surface area (Å²) >= 11 is 12.0. The van der Waals surface area contributed by atoms with E-state index in [1.54, 1.807) is 12.1 Å². The summed E-state index contributed by atoms with van der Waals surface area (Å²) in [7, 11) is 0. The quantitative estimate of drug-likeness (QED) is 0.814. The van der Waals surface area contributed by atoms with E-state index in [9.17, 15) is 4.79 Å². The molecule has 0 radical (unpaired) electrons. The molecule has 1 aliphatic rings. The molecule has 1 saturated heterocycles. The van der Waals surface area contributed by atoms with Crippen molar-refractivity contribution < 1.29 is 9.53 Å². The van der Waals surface area contributed by atoms with Crippen LogP contribution in [0.4, 0.5) is 5.69 Å². The Morgan fingerprint density at radius 1 is 1.20 bits per heavy atom. The van der Waals surface area contributed by atoms with E-state index in [4.69, 9.17) is 33.7 Å². The van der Waals surface area contributed by atoms with Gasteiger partial charge >= 0.3 is 0 Å². The fourth-order valence-electron chi connectivity index (χ4n) is 2.95. The van der Waals surface area contributed by atoms with E-state index < -0.39 is 0 Å². The lowest BCUT2D eigenvalue weighted by Crippen LogP contribution is -2.42. The maximum Gasteiger partial charge on any atom is 0.223 e. The Hall–Kier alpha value is -1.75. The van der Waals surface area contributed by atoms with Gasteiger partial charge in [-0.05, 0) is 35.7 Å². The Morgan fingerprint density at radius 3 is 2.76 bits per heavy atom. The van der Waals surface area contributed by atoms with Crippen molar-refractivity contribution >= 4 is 34.8 Å². The van der Waals surface area contributed by atoms with E-state index in [2.05, 4.69) is 0 Å². The number of benzene rings is 2. The Balaban J connectivity index is 1.61. The van der Waals surface area contributed by atoms with Crippen molar-refractivity contribution in [1.29, 1.82) is 0 Å². The zero-order valence-corrected chi connectivity index (χ0v) is 15.3. The first-order valence-corrected chi connectivity index (χ1v) is 8.98. The number of nitrogen functional groups attached to an aromatic ring is 1. The molecular formula is C19H20Cl2N2O2. The number of halogens is 2. The first kappa shape index (κ1) is 18.1. The molecule has 25 heavy (non-hydrogen) atoms. The van der Waals surface area contributed by atoms with Crippen molar-refractivity contribution in [3.63, 3.8) is 0 Å². The molecule has 2 aromatic carbocycles. The van der Waals surface area contributed by atoms with Gasteiger partial charge in [-0.2, -0.15) is 0 Å². The van der Waals surface area contributed by atoms with Crippen LogP contribution in [-0.4, -0.2) is 30.5 Å². The number of anilines is 1. The average Bonchev–Trinajstić information content (AvgIpc) is 2.63. The topological polar surface area (TPSA) is 55.6 Å². The van der Waals surface area contributed by atoms with Crippen molar-refractivity contribution in [2.24, 2.45) is 0 Å². The Bertz CT molecular complexity index is 767. The van der Waals surface area contributed by atoms with Crippen molar-refractivity contribution in [3.8, 4) is 0 Å². The molecule has 0 bridgehead atoms. The van der Waals surface area contributed by atoms with Crippen LogP contribution in [0.25, 0.3) is 0 Å². The second kappa shape index (κ2) is 8.09. The molecule has 1 fully saturated rings. The number of aryl methyl sites for hydroxylation is 1. The third kappa shape index (κ3) is 4.46. The number of nitrogens with zero attached hydrogens (tertiary/aromatic N) is 1. The minimum atomic E-state index is -0.186. The Morgan fingerprint density at radius 2 is 2.00 bits per heavy atom. The third-order valence-electron chi connectivity index (χ3n) is 4.40. The molecule has 2 aromatic rings. The monoisotopic (exact) mass is 378 g/mol. The molecule has 4 nitrogen and oxygen atoms in total. The molecular weight excluding hydrogens is 359 g/mol. The lowest BCUT2D eigenvalue weighted by molar-refractivity contribution is -0.139.